The Morgan fingerprint density at radius 3 is 2.03 bits per heavy atom. The Labute approximate surface area is 170 Å². The first-order chi connectivity index (χ1) is 14.0. The van der Waals surface area contributed by atoms with Gasteiger partial charge in [0.25, 0.3) is 5.91 Å². The Bertz CT molecular complexity index is 1020. The molecule has 29 heavy (non-hydrogen) atoms. The molecule has 0 heterocycles. The number of benzene rings is 3. The number of nitrogens with zero attached hydrogens (tertiary/aromatic N) is 2. The van der Waals surface area contributed by atoms with Crippen LogP contribution in [0, 0.1) is 13.8 Å². The molecule has 0 aliphatic carbocycles. The van der Waals surface area contributed by atoms with E-state index in [9.17, 15) is 4.79 Å². The van der Waals surface area contributed by atoms with Gasteiger partial charge in [-0.2, -0.15) is 5.11 Å². The molecule has 0 aliphatic heterocycles. The van der Waals surface area contributed by atoms with Gasteiger partial charge in [0.2, 0.25) is 0 Å². The van der Waals surface area contributed by atoms with Gasteiger partial charge in [-0.3, -0.25) is 4.79 Å². The first-order valence-electron chi connectivity index (χ1n) is 9.12. The summed E-state index contributed by atoms with van der Waals surface area (Å²) in [5.41, 5.74) is 4.48. The third kappa shape index (κ3) is 5.19. The Morgan fingerprint density at radius 2 is 1.41 bits per heavy atom. The quantitative estimate of drug-likeness (QED) is 0.526. The van der Waals surface area contributed by atoms with E-state index in [1.807, 2.05) is 56.3 Å². The van der Waals surface area contributed by atoms with Crippen LogP contribution in [0.1, 0.15) is 21.5 Å². The lowest BCUT2D eigenvalue weighted by Crippen LogP contribution is -2.12. The summed E-state index contributed by atoms with van der Waals surface area (Å²) >= 11 is 0. The smallest absolute Gasteiger partial charge is 0.255 e. The second-order valence-electron chi connectivity index (χ2n) is 6.61. The first-order valence-corrected chi connectivity index (χ1v) is 9.12. The summed E-state index contributed by atoms with van der Waals surface area (Å²) in [6.45, 7) is 3.98. The van der Waals surface area contributed by atoms with Crippen molar-refractivity contribution >= 4 is 23.0 Å². The number of carbonyl (C=O) groups excluding carboxylic acids is 1. The third-order valence-electron chi connectivity index (χ3n) is 4.32. The van der Waals surface area contributed by atoms with Gasteiger partial charge < -0.3 is 14.8 Å². The van der Waals surface area contributed by atoms with Gasteiger partial charge in [0.15, 0.2) is 0 Å². The molecule has 0 aromatic heterocycles. The molecule has 6 heteroatoms. The van der Waals surface area contributed by atoms with Gasteiger partial charge in [-0.25, -0.2) is 0 Å². The number of anilines is 1. The highest BCUT2D eigenvalue weighted by Crippen LogP contribution is 2.30. The molecule has 3 aromatic rings. The van der Waals surface area contributed by atoms with Crippen LogP contribution in [-0.2, 0) is 0 Å². The Balaban J connectivity index is 1.87. The number of azo groups is 1. The van der Waals surface area contributed by atoms with E-state index in [0.717, 1.165) is 16.8 Å². The minimum atomic E-state index is -0.294. The number of aryl methyl sites for hydroxylation is 2. The number of hydrogen-bond acceptors (Lipinski definition) is 5. The van der Waals surface area contributed by atoms with Gasteiger partial charge >= 0.3 is 0 Å². The molecule has 0 atom stereocenters. The molecular weight excluding hydrogens is 366 g/mol. The van der Waals surface area contributed by atoms with Crippen LogP contribution in [0.4, 0.5) is 17.1 Å². The topological polar surface area (TPSA) is 72.3 Å². The Morgan fingerprint density at radius 1 is 0.793 bits per heavy atom. The minimum absolute atomic E-state index is 0.294. The predicted molar refractivity (Wildman–Crippen MR) is 114 cm³/mol. The molecule has 0 saturated heterocycles. The highest BCUT2D eigenvalue weighted by atomic mass is 16.5. The van der Waals surface area contributed by atoms with Gasteiger partial charge in [0.1, 0.15) is 17.2 Å². The highest BCUT2D eigenvalue weighted by molar-refractivity contribution is 6.06. The summed E-state index contributed by atoms with van der Waals surface area (Å²) in [7, 11) is 3.08. The monoisotopic (exact) mass is 389 g/mol. The molecule has 0 radical (unpaired) electrons. The minimum Gasteiger partial charge on any atom is -0.497 e. The molecule has 3 aromatic carbocycles. The maximum atomic E-state index is 12.8. The van der Waals surface area contributed by atoms with Crippen molar-refractivity contribution in [3.8, 4) is 11.5 Å². The largest absolute Gasteiger partial charge is 0.497 e. The first kappa shape index (κ1) is 20.1. The zero-order chi connectivity index (χ0) is 20.8. The summed E-state index contributed by atoms with van der Waals surface area (Å²) < 4.78 is 10.5. The van der Waals surface area contributed by atoms with Crippen LogP contribution in [0.5, 0.6) is 11.5 Å². The molecule has 0 spiro atoms. The van der Waals surface area contributed by atoms with Crippen LogP contribution in [0.25, 0.3) is 0 Å². The Kier molecular flexibility index (Phi) is 6.24. The number of carbonyl (C=O) groups is 1. The fourth-order valence-corrected chi connectivity index (χ4v) is 2.69. The van der Waals surface area contributed by atoms with Crippen LogP contribution < -0.4 is 14.8 Å². The molecule has 1 amide bonds. The zero-order valence-electron chi connectivity index (χ0n) is 16.9. The SMILES string of the molecule is COc1cc(OC)cc(C(=O)Nc2ccc(C)cc2N=Nc2ccc(C)cc2)c1. The van der Waals surface area contributed by atoms with E-state index in [-0.39, 0.29) is 5.91 Å². The van der Waals surface area contributed by atoms with Crippen molar-refractivity contribution in [2.45, 2.75) is 13.8 Å². The number of ether oxygens (including phenoxy) is 2. The van der Waals surface area contributed by atoms with Gasteiger partial charge in [-0.15, -0.1) is 5.11 Å². The normalized spacial score (nSPS) is 10.8. The lowest BCUT2D eigenvalue weighted by Gasteiger charge is -2.11. The van der Waals surface area contributed by atoms with Crippen molar-refractivity contribution in [3.63, 3.8) is 0 Å². The lowest BCUT2D eigenvalue weighted by molar-refractivity contribution is 0.102. The van der Waals surface area contributed by atoms with E-state index in [4.69, 9.17) is 9.47 Å². The molecule has 148 valence electrons. The molecule has 0 saturated carbocycles. The summed E-state index contributed by atoms with van der Waals surface area (Å²) in [6, 6.07) is 18.4. The average Bonchev–Trinajstić information content (AvgIpc) is 2.74. The van der Waals surface area contributed by atoms with Crippen molar-refractivity contribution < 1.29 is 14.3 Å². The second-order valence-corrected chi connectivity index (χ2v) is 6.61. The van der Waals surface area contributed by atoms with E-state index in [1.165, 1.54) is 0 Å². The van der Waals surface area contributed by atoms with Crippen LogP contribution in [-0.4, -0.2) is 20.1 Å². The summed E-state index contributed by atoms with van der Waals surface area (Å²) in [6.07, 6.45) is 0. The van der Waals surface area contributed by atoms with E-state index < -0.39 is 0 Å². The average molecular weight is 389 g/mol. The standard InChI is InChI=1S/C23H23N3O3/c1-15-5-8-18(9-6-15)25-26-22-11-16(2)7-10-21(22)24-23(27)17-12-19(28-3)14-20(13-17)29-4/h5-14H,1-4H3,(H,24,27). The fraction of sp³-hybridized carbons (Fsp3) is 0.174. The number of methoxy groups -OCH3 is 2. The van der Waals surface area contributed by atoms with Crippen molar-refractivity contribution in [1.82, 2.24) is 0 Å². The summed E-state index contributed by atoms with van der Waals surface area (Å²) in [5, 5.41) is 11.5. The zero-order valence-corrected chi connectivity index (χ0v) is 16.9. The van der Waals surface area contributed by atoms with E-state index in [0.29, 0.717) is 28.4 Å². The molecule has 3 rings (SSSR count). The van der Waals surface area contributed by atoms with Crippen LogP contribution >= 0.6 is 0 Å². The lowest BCUT2D eigenvalue weighted by atomic mass is 10.1. The number of hydrogen-bond donors (Lipinski definition) is 1. The molecule has 0 unspecified atom stereocenters. The van der Waals surface area contributed by atoms with E-state index in [2.05, 4.69) is 15.5 Å². The summed E-state index contributed by atoms with van der Waals surface area (Å²) in [4.78, 5) is 12.8. The maximum absolute atomic E-state index is 12.8. The summed E-state index contributed by atoms with van der Waals surface area (Å²) in [5.74, 6) is 0.785. The number of nitrogens with one attached hydrogen (secondary N) is 1. The second kappa shape index (κ2) is 9.01. The maximum Gasteiger partial charge on any atom is 0.255 e. The predicted octanol–water partition coefficient (Wildman–Crippen LogP) is 5.99. The van der Waals surface area contributed by atoms with E-state index in [1.54, 1.807) is 32.4 Å². The van der Waals surface area contributed by atoms with Crippen molar-refractivity contribution in [2.24, 2.45) is 10.2 Å². The molecule has 0 aliphatic rings. The fourth-order valence-electron chi connectivity index (χ4n) is 2.69. The third-order valence-corrected chi connectivity index (χ3v) is 4.32. The molecule has 1 N–H and O–H groups in total. The molecule has 0 bridgehead atoms. The van der Waals surface area contributed by atoms with Gasteiger partial charge in [0, 0.05) is 11.6 Å². The van der Waals surface area contributed by atoms with Crippen molar-refractivity contribution in [2.75, 3.05) is 19.5 Å². The van der Waals surface area contributed by atoms with Crippen molar-refractivity contribution in [3.05, 3.63) is 77.4 Å². The number of amides is 1. The van der Waals surface area contributed by atoms with E-state index >= 15 is 0 Å². The Hall–Kier alpha value is -3.67. The van der Waals surface area contributed by atoms with Gasteiger partial charge in [0.05, 0.1) is 25.6 Å². The van der Waals surface area contributed by atoms with Gasteiger partial charge in [-0.05, 0) is 55.8 Å². The molecule has 6 nitrogen and oxygen atoms in total. The van der Waals surface area contributed by atoms with Crippen LogP contribution in [0.3, 0.4) is 0 Å². The molecule has 0 fully saturated rings. The molecular formula is C23H23N3O3. The van der Waals surface area contributed by atoms with Gasteiger partial charge in [-0.1, -0.05) is 23.8 Å². The van der Waals surface area contributed by atoms with Crippen LogP contribution in [0.2, 0.25) is 0 Å². The van der Waals surface area contributed by atoms with Crippen molar-refractivity contribution in [1.29, 1.82) is 0 Å². The highest BCUT2D eigenvalue weighted by Gasteiger charge is 2.12. The number of rotatable bonds is 6. The van der Waals surface area contributed by atoms with Crippen LogP contribution in [0.15, 0.2) is 70.9 Å².